The van der Waals surface area contributed by atoms with Gasteiger partial charge in [-0.3, -0.25) is 48.9 Å². The average molecular weight is 2050 g/mol. The number of aromatic nitrogens is 4. The molecular formula is C92H130Cl2F6N22O16S2. The number of ether oxygens (including phenoxy) is 4. The topological polar surface area (TPSA) is 422 Å². The molecule has 0 aliphatic carbocycles. The lowest BCUT2D eigenvalue weighted by Gasteiger charge is -2.35. The van der Waals surface area contributed by atoms with Gasteiger partial charge in [-0.05, 0) is 213 Å². The lowest BCUT2D eigenvalue weighted by atomic mass is 10.1. The first kappa shape index (κ1) is 122. The molecule has 0 radical (unpaired) electrons. The van der Waals surface area contributed by atoms with Crippen molar-refractivity contribution in [1.29, 1.82) is 0 Å². The number of urea groups is 4. The molecule has 4 aliphatic rings. The molecule has 0 saturated carbocycles. The number of halogens is 8. The Balaban J connectivity index is 0.000000457. The molecule has 12 rings (SSSR count). The summed E-state index contributed by atoms with van der Waals surface area (Å²) in [5.41, 5.74) is 8.06. The number of methoxy groups -OCH3 is 2. The van der Waals surface area contributed by atoms with E-state index in [0.717, 1.165) is 43.8 Å². The van der Waals surface area contributed by atoms with Gasteiger partial charge in [-0.25, -0.2) is 55.9 Å². The summed E-state index contributed by atoms with van der Waals surface area (Å²) in [6.45, 7) is 29.5. The summed E-state index contributed by atoms with van der Waals surface area (Å²) in [5.74, 6) is -1.74. The summed E-state index contributed by atoms with van der Waals surface area (Å²) >= 11 is 4.60. The van der Waals surface area contributed by atoms with Crippen LogP contribution in [0.5, 0.6) is 0 Å². The normalized spacial score (nSPS) is 14.1. The van der Waals surface area contributed by atoms with E-state index >= 15 is 0 Å². The number of amides is 11. The number of nitrogens with zero attached hydrogens (tertiary/aromatic N) is 14. The Labute approximate surface area is 824 Å². The molecule has 38 nitrogen and oxygen atoms in total. The molecule has 4 saturated heterocycles. The second-order valence-corrected chi connectivity index (χ2v) is 39.0. The molecule has 4 aliphatic heterocycles. The molecule has 772 valence electrons. The minimum absolute atomic E-state index is 0. The van der Waals surface area contributed by atoms with E-state index in [4.69, 9.17) is 24.9 Å². The molecule has 4 aromatic heterocycles. The number of hydrogen-bond donors (Lipinski definition) is 8. The van der Waals surface area contributed by atoms with Crippen LogP contribution >= 0.6 is 22.3 Å². The Hall–Kier alpha value is -12.4. The van der Waals surface area contributed by atoms with Crippen molar-refractivity contribution in [2.45, 2.75) is 121 Å². The van der Waals surface area contributed by atoms with Crippen LogP contribution in [0, 0.1) is 51.0 Å². The summed E-state index contributed by atoms with van der Waals surface area (Å²) in [6.07, 6.45) is 5.25. The van der Waals surface area contributed by atoms with E-state index in [0.29, 0.717) is 182 Å². The van der Waals surface area contributed by atoms with Crippen LogP contribution < -0.4 is 42.5 Å². The van der Waals surface area contributed by atoms with Crippen molar-refractivity contribution in [3.63, 3.8) is 0 Å². The number of hydrogen-bond acceptors (Lipinski definition) is 24. The summed E-state index contributed by atoms with van der Waals surface area (Å²) in [6, 6.07) is 30.0. The quantitative estimate of drug-likeness (QED) is 0.0212. The van der Waals surface area contributed by atoms with Crippen molar-refractivity contribution >= 4 is 135 Å². The van der Waals surface area contributed by atoms with Gasteiger partial charge < -0.3 is 76.2 Å². The highest BCUT2D eigenvalue weighted by Gasteiger charge is 2.32. The summed E-state index contributed by atoms with van der Waals surface area (Å²) in [7, 11) is 6.22. The average Bonchev–Trinajstić information content (AvgIpc) is 0.814. The Bertz CT molecular complexity index is 5390. The van der Waals surface area contributed by atoms with Crippen molar-refractivity contribution in [2.75, 3.05) is 190 Å². The monoisotopic (exact) mass is 2050 g/mol. The van der Waals surface area contributed by atoms with Crippen LogP contribution in [0.25, 0.3) is 0 Å². The zero-order chi connectivity index (χ0) is 100. The van der Waals surface area contributed by atoms with E-state index in [1.807, 2.05) is 69.2 Å². The molecule has 11 amide bonds. The van der Waals surface area contributed by atoms with Crippen LogP contribution in [0.3, 0.4) is 0 Å². The Morgan fingerprint density at radius 3 is 0.757 bits per heavy atom. The van der Waals surface area contributed by atoms with Gasteiger partial charge in [0.05, 0.1) is 61.8 Å². The summed E-state index contributed by atoms with van der Waals surface area (Å²) in [4.78, 5) is 124. The van der Waals surface area contributed by atoms with Crippen molar-refractivity contribution in [2.24, 2.45) is 0 Å². The zero-order valence-corrected chi connectivity index (χ0v) is 82.8. The predicted octanol–water partition coefficient (Wildman–Crippen LogP) is 16.2. The van der Waals surface area contributed by atoms with E-state index < -0.39 is 83.5 Å². The Morgan fingerprint density at radius 1 is 0.357 bits per heavy atom. The fourth-order valence-corrected chi connectivity index (χ4v) is 14.1. The molecular weight excluding hydrogens is 1920 g/mol. The van der Waals surface area contributed by atoms with Gasteiger partial charge in [0.1, 0.15) is 34.5 Å². The largest absolute Gasteiger partial charge is 0.457 e. The third kappa shape index (κ3) is 45.3. The number of piperazine rings is 4. The highest BCUT2D eigenvalue weighted by atomic mass is 35.7. The first-order valence-electron chi connectivity index (χ1n) is 42.8. The molecule has 0 unspecified atom stereocenters. The number of pyridine rings is 4. The molecule has 8 aromatic rings. The lowest BCUT2D eigenvalue weighted by molar-refractivity contribution is 0.0129. The fourth-order valence-electron chi connectivity index (χ4n) is 13.0. The van der Waals surface area contributed by atoms with E-state index in [-0.39, 0.29) is 42.5 Å². The van der Waals surface area contributed by atoms with E-state index in [2.05, 4.69) is 98.4 Å². The summed E-state index contributed by atoms with van der Waals surface area (Å²) in [5, 5.41) is 21.3. The number of benzene rings is 4. The predicted molar refractivity (Wildman–Crippen MR) is 532 cm³/mol. The minimum Gasteiger partial charge on any atom is -0.457 e. The van der Waals surface area contributed by atoms with Crippen LogP contribution in [0.2, 0.25) is 0 Å². The second kappa shape index (κ2) is 58.0. The SMILES string of the molecule is C.C.CN(C)S(=O)(=O)Cl.COC(=O)Cl.COC(=O)N1CCN(Cc2cc(F)cc(NC(=O)Nc3ccc(C)nc3)c2)CC1.Cc1ccc(NC(=O)Nc2cc(F)cc(CN3CCN(C(=O)OC(C)(C)C)CC3)c2)cn1.Cc1ccc(NC(=O)Nc2cc(F)cc(CN3CCN(C(=O)OC(C)(C)C)CC3)c2)cn1.Cc1ccc(NC(=O)Nc2cc(F)cc(CN3CCN(S(=O)(=O)N(C)C)CC3)c2)cn1.F.F. The molecule has 0 atom stereocenters. The van der Waals surface area contributed by atoms with Gasteiger partial charge in [0.25, 0.3) is 19.4 Å². The van der Waals surface area contributed by atoms with Crippen LogP contribution in [0.15, 0.2) is 146 Å². The fraction of sp³-hybridized carbons (Fsp3) is 0.435. The van der Waals surface area contributed by atoms with Crippen LogP contribution in [-0.2, 0) is 64.6 Å². The van der Waals surface area contributed by atoms with Gasteiger partial charge in [0, 0.05) is 227 Å². The Kier molecular flexibility index (Phi) is 50.4. The third-order valence-electron chi connectivity index (χ3n) is 19.7. The number of carbonyl (C=O) groups excluding carboxylic acids is 8. The molecule has 48 heteroatoms. The van der Waals surface area contributed by atoms with E-state index in [9.17, 15) is 72.8 Å². The van der Waals surface area contributed by atoms with Gasteiger partial charge in [0.15, 0.2) is 0 Å². The minimum atomic E-state index is -3.44. The highest BCUT2D eigenvalue weighted by Crippen LogP contribution is 2.26. The number of rotatable bonds is 19. The lowest BCUT2D eigenvalue weighted by Crippen LogP contribution is -2.51. The molecule has 0 spiro atoms. The van der Waals surface area contributed by atoms with Gasteiger partial charge in [-0.15, -0.1) is 0 Å². The molecule has 4 fully saturated rings. The molecule has 140 heavy (non-hydrogen) atoms. The molecule has 0 bridgehead atoms. The first-order chi connectivity index (χ1) is 63.9. The number of nitrogens with one attached hydrogen (secondary N) is 8. The van der Waals surface area contributed by atoms with Crippen molar-refractivity contribution in [3.8, 4) is 0 Å². The van der Waals surface area contributed by atoms with Gasteiger partial charge in [-0.1, -0.05) is 14.9 Å². The molecule has 8 N–H and O–H groups in total. The van der Waals surface area contributed by atoms with Gasteiger partial charge in [-0.2, -0.15) is 29.8 Å². The van der Waals surface area contributed by atoms with Crippen molar-refractivity contribution in [1.82, 2.24) is 67.2 Å². The van der Waals surface area contributed by atoms with Crippen molar-refractivity contribution < 1.29 is 101 Å². The second-order valence-electron chi connectivity index (χ2n) is 33.8. The number of aryl methyl sites for hydroxylation is 4. The number of anilines is 8. The number of carbonyl (C=O) groups is 8. The molecule has 8 heterocycles. The first-order valence-corrected chi connectivity index (χ1v) is 46.9. The smallest absolute Gasteiger partial charge is 0.410 e. The third-order valence-corrected chi connectivity index (χ3v) is 23.5. The van der Waals surface area contributed by atoms with E-state index in [1.165, 1.54) is 99.6 Å². The maximum Gasteiger partial charge on any atom is 0.410 e. The van der Waals surface area contributed by atoms with E-state index in [1.54, 1.807) is 112 Å². The van der Waals surface area contributed by atoms with Gasteiger partial charge in [0.2, 0.25) is 0 Å². The molecule has 4 aromatic carbocycles. The van der Waals surface area contributed by atoms with Crippen LogP contribution in [0.1, 0.15) is 101 Å². The zero-order valence-electron chi connectivity index (χ0n) is 79.7. The maximum atomic E-state index is 14.2. The highest BCUT2D eigenvalue weighted by molar-refractivity contribution is 8.11. The maximum absolute atomic E-state index is 14.2. The summed E-state index contributed by atoms with van der Waals surface area (Å²) < 4.78 is 124. The van der Waals surface area contributed by atoms with Gasteiger partial charge >= 0.3 is 47.8 Å². The standard InChI is InChI=1S/2C23H30FN5O3.C20H27FN6O3S.C20H24FN5O3.C2H6ClNO2S.C2H3ClO2.2CH4.2FH/c2*1-16-5-6-19(14-25-16)26-21(30)27-20-12-17(11-18(24)13-20)15-28-7-9-29(10-8-28)22(31)32-23(2,3)4;1-15-4-5-18(13-22-15)23-20(28)24-19-11-16(10-17(21)12-19)14-26-6-8-27(9-7-26)31(29,30)25(2)3;1-14-3-4-17(12-22-14)23-19(27)24-18-10-15(9-16(21)11-18)13-25-5-7-26(8-6-25)20(28)29-2;1-4(2)7(3,5)6;1-5-2(3)4;;;;/h2*5-6,11-14H,7-10,15H2,1-4H3,(H2,26,27,30);4-5,10-13H,6-9,14H2,1-3H3,(H2,23,24,28);3-4,9-12H,5-8,13H2,1-2H3,(H2,23,24,27);1-2H3;1H3;2*1H4;2*1H. The Morgan fingerprint density at radius 2 is 0.571 bits per heavy atom. The van der Waals surface area contributed by atoms with Crippen LogP contribution in [0.4, 0.5) is 111 Å². The van der Waals surface area contributed by atoms with Crippen LogP contribution in [-0.4, -0.2) is 290 Å². The van der Waals surface area contributed by atoms with Crippen molar-refractivity contribution in [3.05, 3.63) is 214 Å².